The molecule has 4 nitrogen and oxygen atoms in total. The number of pyridine rings is 1. The van der Waals surface area contributed by atoms with Crippen molar-refractivity contribution in [2.75, 3.05) is 0 Å². The number of aromatic amines is 1. The lowest BCUT2D eigenvalue weighted by atomic mass is 10.2. The maximum Gasteiger partial charge on any atom is 0.137 e. The van der Waals surface area contributed by atoms with E-state index in [0.717, 1.165) is 22.4 Å². The van der Waals surface area contributed by atoms with E-state index in [1.165, 1.54) is 5.56 Å². The van der Waals surface area contributed by atoms with Gasteiger partial charge in [0.2, 0.25) is 0 Å². The van der Waals surface area contributed by atoms with Gasteiger partial charge in [-0.1, -0.05) is 0 Å². The van der Waals surface area contributed by atoms with Crippen molar-refractivity contribution in [2.24, 2.45) is 7.05 Å². The Balaban J connectivity index is 2.23. The lowest BCUT2D eigenvalue weighted by Crippen LogP contribution is -1.92. The maximum absolute atomic E-state index is 4.36. The molecule has 0 amide bonds. The topological polar surface area (TPSA) is 46.5 Å². The second-order valence-electron chi connectivity index (χ2n) is 3.97. The van der Waals surface area contributed by atoms with Crippen molar-refractivity contribution in [3.8, 4) is 11.4 Å². The molecule has 1 N–H and O–H groups in total. The standard InChI is InChI=1S/C12H12N4/c1-8-5-9-6-10(15-12(9)13-7-8)11-3-4-14-16(11)2/h3-7H,1-2H3,(H,13,15). The number of H-pyrrole nitrogens is 1. The van der Waals surface area contributed by atoms with Gasteiger partial charge in [0.05, 0.1) is 11.4 Å². The average molecular weight is 212 g/mol. The van der Waals surface area contributed by atoms with Gasteiger partial charge in [-0.2, -0.15) is 5.10 Å². The largest absolute Gasteiger partial charge is 0.338 e. The van der Waals surface area contributed by atoms with Gasteiger partial charge in [-0.25, -0.2) is 4.98 Å². The molecule has 0 saturated carbocycles. The smallest absolute Gasteiger partial charge is 0.137 e. The molecule has 0 aromatic carbocycles. The van der Waals surface area contributed by atoms with E-state index in [-0.39, 0.29) is 0 Å². The van der Waals surface area contributed by atoms with E-state index < -0.39 is 0 Å². The number of rotatable bonds is 1. The number of fused-ring (bicyclic) bond motifs is 1. The van der Waals surface area contributed by atoms with Gasteiger partial charge in [-0.05, 0) is 30.7 Å². The summed E-state index contributed by atoms with van der Waals surface area (Å²) in [6.07, 6.45) is 3.66. The first-order valence-electron chi connectivity index (χ1n) is 5.18. The van der Waals surface area contributed by atoms with Gasteiger partial charge in [-0.15, -0.1) is 0 Å². The molecule has 3 aromatic heterocycles. The fourth-order valence-electron chi connectivity index (χ4n) is 1.90. The van der Waals surface area contributed by atoms with Gasteiger partial charge in [-0.3, -0.25) is 4.68 Å². The Bertz CT molecular complexity index is 648. The second kappa shape index (κ2) is 3.20. The fraction of sp³-hybridized carbons (Fsp3) is 0.167. The monoisotopic (exact) mass is 212 g/mol. The predicted octanol–water partition coefficient (Wildman–Crippen LogP) is 2.27. The molecule has 0 aliphatic rings. The Morgan fingerprint density at radius 3 is 2.94 bits per heavy atom. The van der Waals surface area contributed by atoms with E-state index in [0.29, 0.717) is 0 Å². The molecule has 3 aromatic rings. The summed E-state index contributed by atoms with van der Waals surface area (Å²) in [4.78, 5) is 7.65. The van der Waals surface area contributed by atoms with Crippen LogP contribution in [0.5, 0.6) is 0 Å². The number of aryl methyl sites for hydroxylation is 2. The third-order valence-corrected chi connectivity index (χ3v) is 2.70. The minimum absolute atomic E-state index is 0.918. The van der Waals surface area contributed by atoms with E-state index in [2.05, 4.69) is 27.2 Å². The number of hydrogen-bond donors (Lipinski definition) is 1. The van der Waals surface area contributed by atoms with Gasteiger partial charge >= 0.3 is 0 Å². The number of aromatic nitrogens is 4. The summed E-state index contributed by atoms with van der Waals surface area (Å²) in [5.74, 6) is 0. The van der Waals surface area contributed by atoms with Crippen molar-refractivity contribution in [2.45, 2.75) is 6.92 Å². The zero-order chi connectivity index (χ0) is 11.1. The van der Waals surface area contributed by atoms with Crippen molar-refractivity contribution >= 4 is 11.0 Å². The minimum Gasteiger partial charge on any atom is -0.338 e. The van der Waals surface area contributed by atoms with Crippen molar-refractivity contribution < 1.29 is 0 Å². The number of nitrogens with zero attached hydrogens (tertiary/aromatic N) is 3. The highest BCUT2D eigenvalue weighted by Gasteiger charge is 2.07. The molecular weight excluding hydrogens is 200 g/mol. The van der Waals surface area contributed by atoms with Crippen LogP contribution >= 0.6 is 0 Å². The van der Waals surface area contributed by atoms with E-state index >= 15 is 0 Å². The lowest BCUT2D eigenvalue weighted by molar-refractivity contribution is 0.774. The highest BCUT2D eigenvalue weighted by atomic mass is 15.3. The van der Waals surface area contributed by atoms with Crippen LogP contribution in [0.4, 0.5) is 0 Å². The normalized spacial score (nSPS) is 11.1. The van der Waals surface area contributed by atoms with E-state index in [4.69, 9.17) is 0 Å². The molecule has 0 radical (unpaired) electrons. The summed E-state index contributed by atoms with van der Waals surface area (Å²) in [5, 5.41) is 5.29. The molecule has 0 fully saturated rings. The maximum atomic E-state index is 4.36. The van der Waals surface area contributed by atoms with Gasteiger partial charge in [0.15, 0.2) is 0 Å². The van der Waals surface area contributed by atoms with Crippen LogP contribution in [0.1, 0.15) is 5.56 Å². The zero-order valence-corrected chi connectivity index (χ0v) is 9.23. The summed E-state index contributed by atoms with van der Waals surface area (Å²) in [5.41, 5.74) is 4.20. The Morgan fingerprint density at radius 1 is 1.31 bits per heavy atom. The molecule has 4 heteroatoms. The van der Waals surface area contributed by atoms with Crippen LogP contribution < -0.4 is 0 Å². The third kappa shape index (κ3) is 1.31. The molecular formula is C12H12N4. The van der Waals surface area contributed by atoms with Crippen LogP contribution in [0, 0.1) is 6.92 Å². The van der Waals surface area contributed by atoms with Crippen LogP contribution in [0.3, 0.4) is 0 Å². The van der Waals surface area contributed by atoms with E-state index in [1.54, 1.807) is 6.20 Å². The summed E-state index contributed by atoms with van der Waals surface area (Å²) in [7, 11) is 1.93. The molecule has 3 rings (SSSR count). The second-order valence-corrected chi connectivity index (χ2v) is 3.97. The highest BCUT2D eigenvalue weighted by Crippen LogP contribution is 2.22. The van der Waals surface area contributed by atoms with Gasteiger partial charge in [0.25, 0.3) is 0 Å². The SMILES string of the molecule is Cc1cnc2[nH]c(-c3ccnn3C)cc2c1. The summed E-state index contributed by atoms with van der Waals surface area (Å²) in [6, 6.07) is 6.21. The first kappa shape index (κ1) is 9.15. The summed E-state index contributed by atoms with van der Waals surface area (Å²) < 4.78 is 1.84. The van der Waals surface area contributed by atoms with E-state index in [9.17, 15) is 0 Å². The Morgan fingerprint density at radius 2 is 2.19 bits per heavy atom. The van der Waals surface area contributed by atoms with Crippen molar-refractivity contribution in [1.29, 1.82) is 0 Å². The number of nitrogens with one attached hydrogen (secondary N) is 1. The molecule has 0 unspecified atom stereocenters. The molecule has 0 saturated heterocycles. The Kier molecular flexibility index (Phi) is 1.83. The third-order valence-electron chi connectivity index (χ3n) is 2.70. The molecule has 0 aliphatic heterocycles. The zero-order valence-electron chi connectivity index (χ0n) is 9.23. The van der Waals surface area contributed by atoms with Crippen molar-refractivity contribution in [3.05, 3.63) is 36.2 Å². The van der Waals surface area contributed by atoms with Gasteiger partial charge in [0, 0.05) is 24.8 Å². The highest BCUT2D eigenvalue weighted by molar-refractivity contribution is 5.82. The molecule has 16 heavy (non-hydrogen) atoms. The van der Waals surface area contributed by atoms with Crippen LogP contribution in [0.25, 0.3) is 22.4 Å². The minimum atomic E-state index is 0.918. The Labute approximate surface area is 92.9 Å². The van der Waals surface area contributed by atoms with Crippen LogP contribution in [-0.2, 0) is 7.05 Å². The molecule has 0 aliphatic carbocycles. The quantitative estimate of drug-likeness (QED) is 0.672. The van der Waals surface area contributed by atoms with Crippen molar-refractivity contribution in [3.63, 3.8) is 0 Å². The first-order chi connectivity index (χ1) is 7.74. The molecule has 0 spiro atoms. The van der Waals surface area contributed by atoms with E-state index in [1.807, 2.05) is 30.9 Å². The summed E-state index contributed by atoms with van der Waals surface area (Å²) in [6.45, 7) is 2.04. The average Bonchev–Trinajstić information content (AvgIpc) is 2.82. The Hall–Kier alpha value is -2.10. The lowest BCUT2D eigenvalue weighted by Gasteiger charge is -1.96. The molecule has 0 bridgehead atoms. The number of hydrogen-bond acceptors (Lipinski definition) is 2. The molecule has 0 atom stereocenters. The van der Waals surface area contributed by atoms with Crippen LogP contribution in [0.2, 0.25) is 0 Å². The molecule has 80 valence electrons. The molecule has 3 heterocycles. The van der Waals surface area contributed by atoms with Gasteiger partial charge < -0.3 is 4.98 Å². The predicted molar refractivity (Wildman–Crippen MR) is 63.0 cm³/mol. The summed E-state index contributed by atoms with van der Waals surface area (Å²) >= 11 is 0. The van der Waals surface area contributed by atoms with Crippen LogP contribution in [-0.4, -0.2) is 19.7 Å². The fourth-order valence-corrected chi connectivity index (χ4v) is 1.90. The van der Waals surface area contributed by atoms with Crippen LogP contribution in [0.15, 0.2) is 30.6 Å². The van der Waals surface area contributed by atoms with Crippen molar-refractivity contribution in [1.82, 2.24) is 19.7 Å². The first-order valence-corrected chi connectivity index (χ1v) is 5.18. The van der Waals surface area contributed by atoms with Gasteiger partial charge in [0.1, 0.15) is 5.65 Å².